The minimum absolute atomic E-state index is 0.0684. The number of nitrogens with one attached hydrogen (secondary N) is 1. The third-order valence-corrected chi connectivity index (χ3v) is 5.59. The fraction of sp³-hybridized carbons (Fsp3) is 0.481. The molecule has 0 aliphatic carbocycles. The molecular weight excluding hydrogens is 450 g/mol. The van der Waals surface area contributed by atoms with Gasteiger partial charge in [-0.2, -0.15) is 0 Å². The lowest BCUT2D eigenvalue weighted by atomic mass is 9.84. The van der Waals surface area contributed by atoms with E-state index in [4.69, 9.17) is 23.7 Å². The largest absolute Gasteiger partial charge is 0.497 e. The average Bonchev–Trinajstić information content (AvgIpc) is 2.83. The molecule has 3 atom stereocenters. The maximum Gasteiger partial charge on any atom is 0.407 e. The lowest BCUT2D eigenvalue weighted by molar-refractivity contribution is -0.163. The molecule has 8 heteroatoms. The highest BCUT2D eigenvalue weighted by Gasteiger charge is 2.41. The third-order valence-electron chi connectivity index (χ3n) is 5.59. The van der Waals surface area contributed by atoms with E-state index in [0.717, 1.165) is 16.9 Å². The molecule has 1 fully saturated rings. The van der Waals surface area contributed by atoms with Crippen molar-refractivity contribution in [1.29, 1.82) is 0 Å². The van der Waals surface area contributed by atoms with Crippen LogP contribution in [0.5, 0.6) is 5.75 Å². The molecule has 190 valence electrons. The first-order valence-corrected chi connectivity index (χ1v) is 11.7. The molecule has 0 spiro atoms. The number of carbonyl (C=O) groups excluding carboxylic acids is 2. The maximum absolute atomic E-state index is 13.2. The second kappa shape index (κ2) is 12.6. The van der Waals surface area contributed by atoms with Crippen LogP contribution in [0.2, 0.25) is 0 Å². The Morgan fingerprint density at radius 2 is 1.77 bits per heavy atom. The Balaban J connectivity index is 1.62. The van der Waals surface area contributed by atoms with Crippen molar-refractivity contribution in [2.24, 2.45) is 11.8 Å². The van der Waals surface area contributed by atoms with E-state index in [2.05, 4.69) is 5.32 Å². The third kappa shape index (κ3) is 8.56. The Labute approximate surface area is 206 Å². The maximum atomic E-state index is 13.2. The Morgan fingerprint density at radius 3 is 2.43 bits per heavy atom. The summed E-state index contributed by atoms with van der Waals surface area (Å²) >= 11 is 0. The van der Waals surface area contributed by atoms with E-state index in [0.29, 0.717) is 13.0 Å². The Kier molecular flexibility index (Phi) is 9.51. The number of benzene rings is 2. The van der Waals surface area contributed by atoms with Crippen molar-refractivity contribution in [3.05, 3.63) is 65.7 Å². The summed E-state index contributed by atoms with van der Waals surface area (Å²) in [6.45, 7) is 6.33. The molecule has 1 aliphatic heterocycles. The van der Waals surface area contributed by atoms with Gasteiger partial charge in [0.05, 0.1) is 32.3 Å². The Hall–Kier alpha value is -3.10. The minimum Gasteiger partial charge on any atom is -0.497 e. The zero-order valence-corrected chi connectivity index (χ0v) is 20.8. The van der Waals surface area contributed by atoms with Crippen LogP contribution >= 0.6 is 0 Å². The molecule has 1 amide bonds. The first-order valence-electron chi connectivity index (χ1n) is 11.7. The van der Waals surface area contributed by atoms with Gasteiger partial charge >= 0.3 is 12.1 Å². The van der Waals surface area contributed by atoms with Crippen molar-refractivity contribution in [3.8, 4) is 5.75 Å². The van der Waals surface area contributed by atoms with E-state index >= 15 is 0 Å². The summed E-state index contributed by atoms with van der Waals surface area (Å²) in [5, 5.41) is 2.84. The summed E-state index contributed by atoms with van der Waals surface area (Å²) in [5.74, 6) is -0.434. The predicted octanol–water partition coefficient (Wildman–Crippen LogP) is 4.11. The Morgan fingerprint density at radius 1 is 1.06 bits per heavy atom. The van der Waals surface area contributed by atoms with Gasteiger partial charge in [0.2, 0.25) is 0 Å². The Bertz CT molecular complexity index is 940. The van der Waals surface area contributed by atoms with Crippen LogP contribution in [-0.4, -0.2) is 50.8 Å². The van der Waals surface area contributed by atoms with E-state index in [9.17, 15) is 9.59 Å². The van der Waals surface area contributed by atoms with Crippen LogP contribution in [-0.2, 0) is 36.8 Å². The molecule has 2 aromatic rings. The molecule has 1 aliphatic rings. The highest BCUT2D eigenvalue weighted by atomic mass is 16.7. The number of carbonyl (C=O) groups is 2. The van der Waals surface area contributed by atoms with Crippen molar-refractivity contribution < 1.29 is 33.3 Å². The molecule has 35 heavy (non-hydrogen) atoms. The number of methoxy groups -OCH3 is 1. The summed E-state index contributed by atoms with van der Waals surface area (Å²) in [4.78, 5) is 25.3. The smallest absolute Gasteiger partial charge is 0.407 e. The quantitative estimate of drug-likeness (QED) is 0.291. The summed E-state index contributed by atoms with van der Waals surface area (Å²) < 4.78 is 27.5. The molecular formula is C27H35NO7. The molecule has 0 unspecified atom stereocenters. The molecule has 0 radical (unpaired) electrons. The second-order valence-corrected chi connectivity index (χ2v) is 9.54. The molecule has 2 aromatic carbocycles. The van der Waals surface area contributed by atoms with Gasteiger partial charge in [-0.25, -0.2) is 4.79 Å². The van der Waals surface area contributed by atoms with E-state index in [1.54, 1.807) is 7.11 Å². The van der Waals surface area contributed by atoms with Crippen LogP contribution in [0.1, 0.15) is 31.9 Å². The standard InChI is InChI=1S/C27H35NO7/c1-27(2,3)35-25(29)23(14-19-8-6-5-7-9-19)24-21(17-34-26(30)28-24)16-33-18-32-15-20-10-12-22(31-4)13-11-20/h5-13,21,23-24H,14-18H2,1-4H3,(H,28,30)/t21-,23-,24-/m1/s1. The van der Waals surface area contributed by atoms with Crippen molar-refractivity contribution in [2.45, 2.75) is 45.4 Å². The lowest BCUT2D eigenvalue weighted by Crippen LogP contribution is -2.56. The number of hydrogen-bond acceptors (Lipinski definition) is 7. The first kappa shape index (κ1) is 26.5. The van der Waals surface area contributed by atoms with Gasteiger partial charge in [-0.15, -0.1) is 0 Å². The number of hydrogen-bond donors (Lipinski definition) is 1. The number of rotatable bonds is 11. The van der Waals surface area contributed by atoms with Gasteiger partial charge in [0, 0.05) is 5.92 Å². The van der Waals surface area contributed by atoms with E-state index in [-0.39, 0.29) is 31.9 Å². The number of amides is 1. The van der Waals surface area contributed by atoms with Crippen LogP contribution in [0.4, 0.5) is 4.79 Å². The lowest BCUT2D eigenvalue weighted by Gasteiger charge is -2.37. The van der Waals surface area contributed by atoms with Crippen LogP contribution in [0.25, 0.3) is 0 Å². The van der Waals surface area contributed by atoms with Gasteiger partial charge in [0.1, 0.15) is 24.8 Å². The monoisotopic (exact) mass is 485 g/mol. The fourth-order valence-electron chi connectivity index (χ4n) is 3.90. The predicted molar refractivity (Wildman–Crippen MR) is 130 cm³/mol. The molecule has 0 saturated carbocycles. The highest BCUT2D eigenvalue weighted by Crippen LogP contribution is 2.26. The first-order chi connectivity index (χ1) is 16.7. The van der Waals surface area contributed by atoms with Gasteiger partial charge in [-0.05, 0) is 50.5 Å². The SMILES string of the molecule is COc1ccc(COCOC[C@@H]2COC(=O)N[C@H]2[C@@H](Cc2ccccc2)C(=O)OC(C)(C)C)cc1. The normalized spacial score (nSPS) is 18.8. The topological polar surface area (TPSA) is 92.3 Å². The molecule has 1 heterocycles. The average molecular weight is 486 g/mol. The number of esters is 1. The molecule has 1 saturated heterocycles. The summed E-state index contributed by atoms with van der Waals surface area (Å²) in [7, 11) is 1.62. The van der Waals surface area contributed by atoms with Crippen molar-refractivity contribution in [3.63, 3.8) is 0 Å². The fourth-order valence-corrected chi connectivity index (χ4v) is 3.90. The van der Waals surface area contributed by atoms with Crippen molar-refractivity contribution in [2.75, 3.05) is 27.1 Å². The summed E-state index contributed by atoms with van der Waals surface area (Å²) in [6, 6.07) is 16.8. The second-order valence-electron chi connectivity index (χ2n) is 9.54. The van der Waals surface area contributed by atoms with E-state index in [1.165, 1.54) is 0 Å². The molecule has 1 N–H and O–H groups in total. The molecule has 0 bridgehead atoms. The van der Waals surface area contributed by atoms with Crippen LogP contribution < -0.4 is 10.1 Å². The number of ether oxygens (including phenoxy) is 5. The summed E-state index contributed by atoms with van der Waals surface area (Å²) in [6.07, 6.45) is -0.130. The van der Waals surface area contributed by atoms with Gasteiger partial charge in [-0.1, -0.05) is 42.5 Å². The van der Waals surface area contributed by atoms with Gasteiger partial charge in [-0.3, -0.25) is 4.79 Å². The number of alkyl carbamates (subject to hydrolysis) is 1. The van der Waals surface area contributed by atoms with Crippen LogP contribution in [0.15, 0.2) is 54.6 Å². The van der Waals surface area contributed by atoms with Crippen molar-refractivity contribution >= 4 is 12.1 Å². The van der Waals surface area contributed by atoms with Gasteiger partial charge < -0.3 is 29.0 Å². The van der Waals surface area contributed by atoms with Crippen LogP contribution in [0, 0.1) is 11.8 Å². The van der Waals surface area contributed by atoms with Crippen LogP contribution in [0.3, 0.4) is 0 Å². The highest BCUT2D eigenvalue weighted by molar-refractivity contribution is 5.76. The van der Waals surface area contributed by atoms with Gasteiger partial charge in [0.25, 0.3) is 0 Å². The minimum atomic E-state index is -0.650. The summed E-state index contributed by atoms with van der Waals surface area (Å²) in [5.41, 5.74) is 1.32. The zero-order valence-electron chi connectivity index (χ0n) is 20.8. The molecule has 8 nitrogen and oxygen atoms in total. The van der Waals surface area contributed by atoms with Gasteiger partial charge in [0.15, 0.2) is 0 Å². The number of cyclic esters (lactones) is 1. The van der Waals surface area contributed by atoms with E-state index < -0.39 is 23.7 Å². The molecule has 0 aromatic heterocycles. The molecule has 3 rings (SSSR count). The van der Waals surface area contributed by atoms with Crippen molar-refractivity contribution in [1.82, 2.24) is 5.32 Å². The van der Waals surface area contributed by atoms with E-state index in [1.807, 2.05) is 75.4 Å². The zero-order chi connectivity index (χ0) is 25.3.